The Morgan fingerprint density at radius 3 is 2.70 bits per heavy atom. The second kappa shape index (κ2) is 6.26. The van der Waals surface area contributed by atoms with E-state index in [2.05, 4.69) is 21.6 Å². The van der Waals surface area contributed by atoms with Crippen molar-refractivity contribution in [1.29, 1.82) is 0 Å². The van der Waals surface area contributed by atoms with Gasteiger partial charge in [0.05, 0.1) is 11.1 Å². The van der Waals surface area contributed by atoms with Crippen LogP contribution in [0.3, 0.4) is 0 Å². The van der Waals surface area contributed by atoms with E-state index in [9.17, 15) is 4.21 Å². The highest BCUT2D eigenvalue weighted by molar-refractivity contribution is 7.84. The summed E-state index contributed by atoms with van der Waals surface area (Å²) in [4.78, 5) is 4.67. The summed E-state index contributed by atoms with van der Waals surface area (Å²) in [6.07, 6.45) is 3.43. The average molecular weight is 317 g/mol. The molecule has 0 fully saturated rings. The van der Waals surface area contributed by atoms with Crippen LogP contribution in [0.25, 0.3) is 11.2 Å². The summed E-state index contributed by atoms with van der Waals surface area (Å²) in [5.74, 6) is 1.56. The summed E-state index contributed by atoms with van der Waals surface area (Å²) in [6.45, 7) is 4.77. The van der Waals surface area contributed by atoms with Gasteiger partial charge in [-0.3, -0.25) is 8.89 Å². The molecule has 20 heavy (non-hydrogen) atoms. The fourth-order valence-electron chi connectivity index (χ4n) is 2.45. The van der Waals surface area contributed by atoms with Gasteiger partial charge in [-0.25, -0.2) is 4.98 Å². The molecule has 0 spiro atoms. The third-order valence-corrected chi connectivity index (χ3v) is 4.38. The number of aromatic nitrogens is 4. The first-order valence-corrected chi connectivity index (χ1v) is 8.98. The van der Waals surface area contributed by atoms with E-state index < -0.39 is 10.8 Å². The van der Waals surface area contributed by atoms with Gasteiger partial charge in [0.15, 0.2) is 5.65 Å². The molecular formula is C13H21ClN4OS. The summed E-state index contributed by atoms with van der Waals surface area (Å²) in [5, 5.41) is 4.35. The number of fused-ring (bicyclic) bond motifs is 1. The highest BCUT2D eigenvalue weighted by Gasteiger charge is 2.20. The summed E-state index contributed by atoms with van der Waals surface area (Å²) in [6, 6.07) is 0. The normalized spacial score (nSPS) is 14.8. The van der Waals surface area contributed by atoms with E-state index >= 15 is 0 Å². The topological polar surface area (TPSA) is 52.7 Å². The lowest BCUT2D eigenvalue weighted by Crippen LogP contribution is -2.10. The van der Waals surface area contributed by atoms with Gasteiger partial charge in [0, 0.05) is 36.4 Å². The van der Waals surface area contributed by atoms with Crippen molar-refractivity contribution in [3.63, 3.8) is 0 Å². The molecule has 0 aliphatic carbocycles. The first-order valence-electron chi connectivity index (χ1n) is 6.81. The van der Waals surface area contributed by atoms with Crippen LogP contribution in [0.1, 0.15) is 37.2 Å². The van der Waals surface area contributed by atoms with E-state index in [1.807, 2.05) is 18.7 Å². The summed E-state index contributed by atoms with van der Waals surface area (Å²) < 4.78 is 15.2. The van der Waals surface area contributed by atoms with Crippen LogP contribution in [0.15, 0.2) is 0 Å². The number of hydrogen-bond acceptors (Lipinski definition) is 3. The third kappa shape index (κ3) is 2.91. The Morgan fingerprint density at radius 1 is 1.45 bits per heavy atom. The molecule has 0 N–H and O–H groups in total. The van der Waals surface area contributed by atoms with E-state index in [0.29, 0.717) is 5.75 Å². The highest BCUT2D eigenvalue weighted by Crippen LogP contribution is 2.26. The lowest BCUT2D eigenvalue weighted by Gasteiger charge is -2.10. The quantitative estimate of drug-likeness (QED) is 0.769. The standard InChI is InChI=1S/C13H21ClN4OS/c1-5-10-11-13(17(3)16-10)18(7-6-8-20(4)19)12(15-11)9(2)14/h9H,5-8H2,1-4H3. The number of imidazole rings is 1. The molecule has 2 unspecified atom stereocenters. The third-order valence-electron chi connectivity index (χ3n) is 3.33. The summed E-state index contributed by atoms with van der Waals surface area (Å²) in [7, 11) is 1.16. The zero-order valence-corrected chi connectivity index (χ0v) is 14.0. The largest absolute Gasteiger partial charge is 0.312 e. The zero-order chi connectivity index (χ0) is 14.9. The first-order chi connectivity index (χ1) is 9.45. The van der Waals surface area contributed by atoms with Crippen LogP contribution in [-0.4, -0.2) is 35.5 Å². The number of alkyl halides is 1. The minimum absolute atomic E-state index is 0.153. The van der Waals surface area contributed by atoms with E-state index in [1.54, 1.807) is 6.26 Å². The Balaban J connectivity index is 2.45. The minimum Gasteiger partial charge on any atom is -0.312 e. The van der Waals surface area contributed by atoms with Gasteiger partial charge in [0.2, 0.25) is 0 Å². The second-order valence-corrected chi connectivity index (χ2v) is 7.17. The molecule has 0 amide bonds. The molecular weight excluding hydrogens is 296 g/mol. The fourth-order valence-corrected chi connectivity index (χ4v) is 3.15. The monoisotopic (exact) mass is 316 g/mol. The SMILES string of the molecule is CCc1nn(C)c2c1nc(C(C)Cl)n2CCCS(C)=O. The molecule has 0 aromatic carbocycles. The Labute approximate surface area is 126 Å². The number of aryl methyl sites for hydroxylation is 3. The maximum Gasteiger partial charge on any atom is 0.158 e. The minimum atomic E-state index is -0.769. The van der Waals surface area contributed by atoms with Crippen LogP contribution in [-0.2, 0) is 30.8 Å². The van der Waals surface area contributed by atoms with Gasteiger partial charge in [-0.1, -0.05) is 6.92 Å². The van der Waals surface area contributed by atoms with Gasteiger partial charge in [0.25, 0.3) is 0 Å². The fraction of sp³-hybridized carbons (Fsp3) is 0.692. The van der Waals surface area contributed by atoms with Crippen molar-refractivity contribution in [3.05, 3.63) is 11.5 Å². The molecule has 5 nitrogen and oxygen atoms in total. The Hall–Kier alpha value is -0.880. The van der Waals surface area contributed by atoms with Gasteiger partial charge < -0.3 is 4.57 Å². The van der Waals surface area contributed by atoms with Crippen molar-refractivity contribution in [2.75, 3.05) is 12.0 Å². The molecule has 0 aliphatic rings. The molecule has 2 heterocycles. The van der Waals surface area contributed by atoms with Gasteiger partial charge in [-0.05, 0) is 19.8 Å². The molecule has 112 valence electrons. The van der Waals surface area contributed by atoms with Crippen molar-refractivity contribution in [2.45, 2.75) is 38.6 Å². The number of hydrogen-bond donors (Lipinski definition) is 0. The zero-order valence-electron chi connectivity index (χ0n) is 12.4. The average Bonchev–Trinajstić information content (AvgIpc) is 2.88. The van der Waals surface area contributed by atoms with Crippen LogP contribution in [0.4, 0.5) is 0 Å². The van der Waals surface area contributed by atoms with Crippen LogP contribution >= 0.6 is 11.6 Å². The summed E-state index contributed by atoms with van der Waals surface area (Å²) in [5.41, 5.74) is 2.94. The Kier molecular flexibility index (Phi) is 4.86. The molecule has 0 saturated carbocycles. The smallest absolute Gasteiger partial charge is 0.158 e. The number of nitrogens with zero attached hydrogens (tertiary/aromatic N) is 4. The summed E-state index contributed by atoms with van der Waals surface area (Å²) >= 11 is 6.25. The van der Waals surface area contributed by atoms with Crippen molar-refractivity contribution in [1.82, 2.24) is 19.3 Å². The van der Waals surface area contributed by atoms with Crippen LogP contribution < -0.4 is 0 Å². The predicted molar refractivity (Wildman–Crippen MR) is 83.7 cm³/mol. The Morgan fingerprint density at radius 2 is 2.15 bits per heavy atom. The molecule has 2 aromatic heterocycles. The van der Waals surface area contributed by atoms with Gasteiger partial charge in [-0.15, -0.1) is 11.6 Å². The predicted octanol–water partition coefficient (Wildman–Crippen LogP) is 2.40. The van der Waals surface area contributed by atoms with E-state index in [4.69, 9.17) is 11.6 Å². The Bertz CT molecular complexity index is 632. The molecule has 0 saturated heterocycles. The van der Waals surface area contributed by atoms with Crippen molar-refractivity contribution in [3.8, 4) is 0 Å². The van der Waals surface area contributed by atoms with E-state index in [-0.39, 0.29) is 5.38 Å². The van der Waals surface area contributed by atoms with Crippen LogP contribution in [0.5, 0.6) is 0 Å². The number of rotatable bonds is 6. The van der Waals surface area contributed by atoms with Crippen molar-refractivity contribution < 1.29 is 4.21 Å². The highest BCUT2D eigenvalue weighted by atomic mass is 35.5. The molecule has 2 atom stereocenters. The molecule has 0 aliphatic heterocycles. The van der Waals surface area contributed by atoms with E-state index in [1.165, 1.54) is 0 Å². The van der Waals surface area contributed by atoms with Crippen LogP contribution in [0, 0.1) is 0 Å². The molecule has 2 aromatic rings. The molecule has 7 heteroatoms. The second-order valence-electron chi connectivity index (χ2n) is 4.96. The maximum absolute atomic E-state index is 11.2. The lowest BCUT2D eigenvalue weighted by atomic mass is 10.3. The van der Waals surface area contributed by atoms with Crippen molar-refractivity contribution >= 4 is 33.6 Å². The molecule has 0 bridgehead atoms. The first kappa shape index (κ1) is 15.5. The van der Waals surface area contributed by atoms with Gasteiger partial charge in [-0.2, -0.15) is 5.10 Å². The lowest BCUT2D eigenvalue weighted by molar-refractivity contribution is 0.622. The van der Waals surface area contributed by atoms with E-state index in [0.717, 1.165) is 42.1 Å². The number of halogens is 1. The molecule has 0 radical (unpaired) electrons. The van der Waals surface area contributed by atoms with Crippen LogP contribution in [0.2, 0.25) is 0 Å². The molecule has 2 rings (SSSR count). The van der Waals surface area contributed by atoms with Gasteiger partial charge in [0.1, 0.15) is 11.3 Å². The maximum atomic E-state index is 11.2. The van der Waals surface area contributed by atoms with Crippen molar-refractivity contribution in [2.24, 2.45) is 7.05 Å². The van der Waals surface area contributed by atoms with Gasteiger partial charge >= 0.3 is 0 Å².